The van der Waals surface area contributed by atoms with E-state index in [0.717, 1.165) is 24.8 Å². The number of aliphatic hydroxyl groups excluding tert-OH is 1. The van der Waals surface area contributed by atoms with Gasteiger partial charge in [-0.3, -0.25) is 9.59 Å². The van der Waals surface area contributed by atoms with Gasteiger partial charge in [0.2, 0.25) is 11.8 Å². The van der Waals surface area contributed by atoms with Crippen LogP contribution in [0.4, 0.5) is 0 Å². The summed E-state index contributed by atoms with van der Waals surface area (Å²) < 4.78 is 0. The molecule has 2 rings (SSSR count). The molecule has 2 amide bonds. The Morgan fingerprint density at radius 1 is 1.34 bits per heavy atom. The third kappa shape index (κ3) is 8.53. The number of amides is 2. The predicted molar refractivity (Wildman–Crippen MR) is 115 cm³/mol. The summed E-state index contributed by atoms with van der Waals surface area (Å²) in [4.78, 5) is 25.5. The summed E-state index contributed by atoms with van der Waals surface area (Å²) in [6.45, 7) is 2.94. The standard InChI is InChI=1S/C24H32N2O3/c1-2-25-23(28)14-8-3-4-9-18-26-21(13-10-15-24(26)29)16-17-22(27)19-20-11-6-5-7-12-20/h5-7,11-12,16-17,21-22,27H,2-3,8,10,13-15,18-19H2,1H3,(H,25,28)/b17-16+/t21-,22?/m1/s1. The SMILES string of the molecule is CCNC(=O)CCCC#CCN1C(=O)CCC[C@@H]1/C=C/C(O)Cc1ccccc1. The number of rotatable bonds is 9. The second-order valence-corrected chi connectivity index (χ2v) is 7.28. The smallest absolute Gasteiger partial charge is 0.223 e. The molecule has 1 aliphatic rings. The third-order valence-corrected chi connectivity index (χ3v) is 4.91. The average Bonchev–Trinajstić information content (AvgIpc) is 2.71. The first kappa shape index (κ1) is 22.7. The van der Waals surface area contributed by atoms with Gasteiger partial charge in [0, 0.05) is 32.2 Å². The monoisotopic (exact) mass is 396 g/mol. The van der Waals surface area contributed by atoms with Crippen molar-refractivity contribution in [3.8, 4) is 11.8 Å². The molecule has 1 unspecified atom stereocenters. The maximum Gasteiger partial charge on any atom is 0.223 e. The van der Waals surface area contributed by atoms with Crippen molar-refractivity contribution >= 4 is 11.8 Å². The van der Waals surface area contributed by atoms with E-state index in [9.17, 15) is 14.7 Å². The van der Waals surface area contributed by atoms with E-state index in [2.05, 4.69) is 17.2 Å². The van der Waals surface area contributed by atoms with Crippen molar-refractivity contribution in [1.29, 1.82) is 0 Å². The molecule has 2 atom stereocenters. The molecule has 1 aromatic carbocycles. The maximum absolute atomic E-state index is 12.3. The molecule has 0 aromatic heterocycles. The first-order valence-electron chi connectivity index (χ1n) is 10.5. The third-order valence-electron chi connectivity index (χ3n) is 4.91. The molecule has 156 valence electrons. The van der Waals surface area contributed by atoms with Crippen LogP contribution in [0.2, 0.25) is 0 Å². The number of benzene rings is 1. The van der Waals surface area contributed by atoms with E-state index in [-0.39, 0.29) is 17.9 Å². The van der Waals surface area contributed by atoms with E-state index in [1.165, 1.54) is 0 Å². The minimum Gasteiger partial charge on any atom is -0.389 e. The topological polar surface area (TPSA) is 69.6 Å². The van der Waals surface area contributed by atoms with Crippen molar-refractivity contribution in [2.45, 2.75) is 64.0 Å². The molecule has 0 spiro atoms. The van der Waals surface area contributed by atoms with Crippen LogP contribution in [0.3, 0.4) is 0 Å². The Kier molecular flexibility index (Phi) is 10.0. The van der Waals surface area contributed by atoms with Crippen LogP contribution in [0, 0.1) is 11.8 Å². The lowest BCUT2D eigenvalue weighted by Crippen LogP contribution is -2.42. The van der Waals surface area contributed by atoms with Gasteiger partial charge >= 0.3 is 0 Å². The van der Waals surface area contributed by atoms with E-state index in [1.54, 1.807) is 11.0 Å². The van der Waals surface area contributed by atoms with E-state index >= 15 is 0 Å². The van der Waals surface area contributed by atoms with Gasteiger partial charge in [-0.15, -0.1) is 5.92 Å². The second-order valence-electron chi connectivity index (χ2n) is 7.28. The van der Waals surface area contributed by atoms with Gasteiger partial charge in [0.15, 0.2) is 0 Å². The molecule has 0 aliphatic carbocycles. The van der Waals surface area contributed by atoms with Gasteiger partial charge in [-0.05, 0) is 31.7 Å². The highest BCUT2D eigenvalue weighted by molar-refractivity contribution is 5.78. The molecular formula is C24H32N2O3. The predicted octanol–water partition coefficient (Wildman–Crippen LogP) is 2.84. The van der Waals surface area contributed by atoms with Crippen LogP contribution < -0.4 is 5.32 Å². The zero-order valence-electron chi connectivity index (χ0n) is 17.3. The lowest BCUT2D eigenvalue weighted by atomic mass is 9.99. The fourth-order valence-corrected chi connectivity index (χ4v) is 3.38. The van der Waals surface area contributed by atoms with Crippen LogP contribution in [0.25, 0.3) is 0 Å². The molecule has 1 aromatic rings. The zero-order valence-corrected chi connectivity index (χ0v) is 17.3. The number of carbonyl (C=O) groups is 2. The highest BCUT2D eigenvalue weighted by atomic mass is 16.3. The van der Waals surface area contributed by atoms with E-state index in [4.69, 9.17) is 0 Å². The fourth-order valence-electron chi connectivity index (χ4n) is 3.38. The molecule has 2 N–H and O–H groups in total. The molecule has 1 heterocycles. The maximum atomic E-state index is 12.3. The first-order valence-corrected chi connectivity index (χ1v) is 10.5. The van der Waals surface area contributed by atoms with Gasteiger partial charge in [-0.25, -0.2) is 0 Å². The summed E-state index contributed by atoms with van der Waals surface area (Å²) in [6, 6.07) is 9.85. The highest BCUT2D eigenvalue weighted by Crippen LogP contribution is 2.19. The molecule has 5 heteroatoms. The van der Waals surface area contributed by atoms with E-state index in [1.807, 2.05) is 43.3 Å². The molecule has 1 aliphatic heterocycles. The number of unbranched alkanes of at least 4 members (excludes halogenated alkanes) is 1. The Morgan fingerprint density at radius 3 is 2.90 bits per heavy atom. The summed E-state index contributed by atoms with van der Waals surface area (Å²) in [7, 11) is 0. The van der Waals surface area contributed by atoms with Crippen LogP contribution in [-0.4, -0.2) is 47.1 Å². The normalized spacial score (nSPS) is 17.7. The van der Waals surface area contributed by atoms with Gasteiger partial charge in [0.05, 0.1) is 18.7 Å². The van der Waals surface area contributed by atoms with Crippen molar-refractivity contribution in [3.63, 3.8) is 0 Å². The molecule has 0 saturated carbocycles. The van der Waals surface area contributed by atoms with Gasteiger partial charge in [0.1, 0.15) is 0 Å². The Bertz CT molecular complexity index is 733. The van der Waals surface area contributed by atoms with Crippen molar-refractivity contribution < 1.29 is 14.7 Å². The Morgan fingerprint density at radius 2 is 2.14 bits per heavy atom. The van der Waals surface area contributed by atoms with E-state index in [0.29, 0.717) is 38.8 Å². The van der Waals surface area contributed by atoms with Crippen LogP contribution in [0.5, 0.6) is 0 Å². The van der Waals surface area contributed by atoms with Crippen LogP contribution in [-0.2, 0) is 16.0 Å². The summed E-state index contributed by atoms with van der Waals surface area (Å²) in [5.74, 6) is 6.31. The van der Waals surface area contributed by atoms with Gasteiger partial charge in [-0.2, -0.15) is 0 Å². The molecule has 0 bridgehead atoms. The molecule has 1 saturated heterocycles. The molecule has 29 heavy (non-hydrogen) atoms. The minimum absolute atomic E-state index is 0.0219. The van der Waals surface area contributed by atoms with Crippen molar-refractivity contribution in [2.24, 2.45) is 0 Å². The first-order chi connectivity index (χ1) is 14.1. The number of nitrogens with zero attached hydrogens (tertiary/aromatic N) is 1. The molecule has 5 nitrogen and oxygen atoms in total. The van der Waals surface area contributed by atoms with Crippen molar-refractivity contribution in [3.05, 3.63) is 48.0 Å². The van der Waals surface area contributed by atoms with Gasteiger partial charge in [0.25, 0.3) is 0 Å². The van der Waals surface area contributed by atoms with Crippen molar-refractivity contribution in [2.75, 3.05) is 13.1 Å². The summed E-state index contributed by atoms with van der Waals surface area (Å²) in [5.41, 5.74) is 1.08. The molecular weight excluding hydrogens is 364 g/mol. The van der Waals surface area contributed by atoms with Crippen LogP contribution >= 0.6 is 0 Å². The zero-order chi connectivity index (χ0) is 20.9. The largest absolute Gasteiger partial charge is 0.389 e. The fraction of sp³-hybridized carbons (Fsp3) is 0.500. The van der Waals surface area contributed by atoms with E-state index < -0.39 is 6.10 Å². The number of hydrogen-bond donors (Lipinski definition) is 2. The number of carbonyl (C=O) groups excluding carboxylic acids is 2. The summed E-state index contributed by atoms with van der Waals surface area (Å²) in [5, 5.41) is 13.1. The second kappa shape index (κ2) is 12.8. The van der Waals surface area contributed by atoms with Crippen LogP contribution in [0.15, 0.2) is 42.5 Å². The van der Waals surface area contributed by atoms with Crippen molar-refractivity contribution in [1.82, 2.24) is 10.2 Å². The summed E-state index contributed by atoms with van der Waals surface area (Å²) >= 11 is 0. The minimum atomic E-state index is -0.573. The lowest BCUT2D eigenvalue weighted by Gasteiger charge is -2.32. The number of likely N-dealkylation sites (tertiary alicyclic amines) is 1. The Hall–Kier alpha value is -2.58. The quantitative estimate of drug-likeness (QED) is 0.383. The van der Waals surface area contributed by atoms with Crippen LogP contribution in [0.1, 0.15) is 51.0 Å². The number of hydrogen-bond acceptors (Lipinski definition) is 3. The lowest BCUT2D eigenvalue weighted by molar-refractivity contribution is -0.134. The molecule has 0 radical (unpaired) electrons. The number of nitrogens with one attached hydrogen (secondary N) is 1. The Balaban J connectivity index is 1.83. The van der Waals surface area contributed by atoms with Gasteiger partial charge < -0.3 is 15.3 Å². The number of aliphatic hydroxyl groups is 1. The summed E-state index contributed by atoms with van der Waals surface area (Å²) in [6.07, 6.45) is 7.88. The Labute approximate surface area is 174 Å². The highest BCUT2D eigenvalue weighted by Gasteiger charge is 2.25. The number of piperidine rings is 1. The average molecular weight is 397 g/mol. The molecule has 1 fully saturated rings. The van der Waals surface area contributed by atoms with Gasteiger partial charge in [-0.1, -0.05) is 48.4 Å².